The Morgan fingerprint density at radius 2 is 1.82 bits per heavy atom. The lowest BCUT2D eigenvalue weighted by Crippen LogP contribution is -2.51. The lowest BCUT2D eigenvalue weighted by atomic mass is 10.1. The molecule has 2 nitrogen and oxygen atoms in total. The second-order valence-corrected chi connectivity index (χ2v) is 5.05. The van der Waals surface area contributed by atoms with Crippen molar-refractivity contribution in [3.63, 3.8) is 0 Å². The third kappa shape index (κ3) is 2.58. The predicted molar refractivity (Wildman–Crippen MR) is 69.8 cm³/mol. The van der Waals surface area contributed by atoms with Crippen LogP contribution in [0.1, 0.15) is 43.0 Å². The molecule has 0 bridgehead atoms. The van der Waals surface area contributed by atoms with Crippen LogP contribution in [0.2, 0.25) is 0 Å². The molecule has 0 saturated carbocycles. The summed E-state index contributed by atoms with van der Waals surface area (Å²) >= 11 is 0. The molecule has 1 heterocycles. The van der Waals surface area contributed by atoms with Gasteiger partial charge in [-0.25, -0.2) is 4.79 Å². The molecule has 1 saturated heterocycles. The number of hydrogen-bond acceptors (Lipinski definition) is 1. The summed E-state index contributed by atoms with van der Waals surface area (Å²) in [6.45, 7) is 5.28. The van der Waals surface area contributed by atoms with Gasteiger partial charge < -0.3 is 0 Å². The van der Waals surface area contributed by atoms with E-state index >= 15 is 0 Å². The minimum Gasteiger partial charge on any atom is -0.256 e. The monoisotopic (exact) mass is 232 g/mol. The van der Waals surface area contributed by atoms with E-state index in [2.05, 4.69) is 6.92 Å². The minimum atomic E-state index is 0.330. The Morgan fingerprint density at radius 3 is 2.41 bits per heavy atom. The van der Waals surface area contributed by atoms with Crippen LogP contribution in [-0.4, -0.2) is 30.0 Å². The van der Waals surface area contributed by atoms with E-state index in [1.807, 2.05) is 30.3 Å². The number of carbonyl (C=O) groups excluding carboxylic acids is 1. The van der Waals surface area contributed by atoms with E-state index < -0.39 is 0 Å². The van der Waals surface area contributed by atoms with Gasteiger partial charge in [0, 0.05) is 12.8 Å². The van der Waals surface area contributed by atoms with E-state index in [4.69, 9.17) is 0 Å². The first-order chi connectivity index (χ1) is 8.28. The van der Waals surface area contributed by atoms with Crippen LogP contribution >= 0.6 is 0 Å². The summed E-state index contributed by atoms with van der Waals surface area (Å²) in [6.07, 6.45) is 4.71. The summed E-state index contributed by atoms with van der Waals surface area (Å²) in [7, 11) is 0. The Kier molecular flexibility index (Phi) is 3.95. The van der Waals surface area contributed by atoms with Crippen molar-refractivity contribution in [1.82, 2.24) is 0 Å². The number of likely N-dealkylation sites (tertiary alicyclic amines) is 1. The first-order valence-corrected chi connectivity index (χ1v) is 6.74. The highest BCUT2D eigenvalue weighted by Crippen LogP contribution is 2.24. The molecular formula is C15H22NO+. The van der Waals surface area contributed by atoms with Crippen LogP contribution in [0.5, 0.6) is 0 Å². The zero-order valence-electron chi connectivity index (χ0n) is 10.7. The molecule has 17 heavy (non-hydrogen) atoms. The van der Waals surface area contributed by atoms with Gasteiger partial charge in [-0.2, -0.15) is 0 Å². The van der Waals surface area contributed by atoms with Gasteiger partial charge in [0.2, 0.25) is 0 Å². The molecule has 0 radical (unpaired) electrons. The van der Waals surface area contributed by atoms with Crippen LogP contribution in [0, 0.1) is 0 Å². The average molecular weight is 232 g/mol. The Balaban J connectivity index is 2.19. The molecule has 0 unspecified atom stereocenters. The zero-order chi connectivity index (χ0) is 12.1. The van der Waals surface area contributed by atoms with Gasteiger partial charge in [-0.1, -0.05) is 31.5 Å². The first-order valence-electron chi connectivity index (χ1n) is 6.74. The van der Waals surface area contributed by atoms with Crippen molar-refractivity contribution in [1.29, 1.82) is 0 Å². The molecule has 1 fully saturated rings. The molecule has 0 atom stereocenters. The summed E-state index contributed by atoms with van der Waals surface area (Å²) in [5.74, 6) is 0.330. The zero-order valence-corrected chi connectivity index (χ0v) is 10.7. The first kappa shape index (κ1) is 12.3. The van der Waals surface area contributed by atoms with E-state index in [0.29, 0.717) is 10.4 Å². The molecule has 0 N–H and O–H groups in total. The van der Waals surface area contributed by atoms with Gasteiger partial charge in [0.15, 0.2) is 0 Å². The lowest BCUT2D eigenvalue weighted by molar-refractivity contribution is -0.836. The summed E-state index contributed by atoms with van der Waals surface area (Å²) in [5, 5.41) is 0. The second-order valence-electron chi connectivity index (χ2n) is 5.05. The molecule has 2 heteroatoms. The number of rotatable bonds is 4. The van der Waals surface area contributed by atoms with E-state index in [0.717, 1.165) is 31.6 Å². The molecule has 0 aliphatic carbocycles. The number of carbonyl (C=O) groups is 1. The summed E-state index contributed by atoms with van der Waals surface area (Å²) in [6, 6.07) is 9.79. The Morgan fingerprint density at radius 1 is 1.18 bits per heavy atom. The Labute approximate surface area is 104 Å². The fourth-order valence-electron chi connectivity index (χ4n) is 2.78. The Hall–Kier alpha value is -1.15. The van der Waals surface area contributed by atoms with E-state index in [1.165, 1.54) is 19.3 Å². The smallest absolute Gasteiger partial charge is 0.256 e. The molecule has 92 valence electrons. The van der Waals surface area contributed by atoms with Crippen LogP contribution in [0.3, 0.4) is 0 Å². The van der Waals surface area contributed by atoms with Crippen molar-refractivity contribution in [2.24, 2.45) is 0 Å². The highest BCUT2D eigenvalue weighted by molar-refractivity contribution is 5.89. The highest BCUT2D eigenvalue weighted by Gasteiger charge is 2.39. The van der Waals surface area contributed by atoms with Crippen molar-refractivity contribution in [3.05, 3.63) is 35.9 Å². The fourth-order valence-corrected chi connectivity index (χ4v) is 2.78. The molecule has 1 amide bonds. The number of unbranched alkanes of at least 4 members (excludes halogenated alkanes) is 1. The maximum Gasteiger partial charge on any atom is 0.345 e. The van der Waals surface area contributed by atoms with Gasteiger partial charge in [-0.15, -0.1) is 0 Å². The van der Waals surface area contributed by atoms with E-state index in [-0.39, 0.29) is 0 Å². The molecular weight excluding hydrogens is 210 g/mol. The van der Waals surface area contributed by atoms with Crippen LogP contribution in [-0.2, 0) is 0 Å². The van der Waals surface area contributed by atoms with Gasteiger partial charge in [-0.05, 0) is 18.6 Å². The molecule has 1 aromatic carbocycles. The summed E-state index contributed by atoms with van der Waals surface area (Å²) < 4.78 is 0.692. The van der Waals surface area contributed by atoms with E-state index in [1.54, 1.807) is 0 Å². The third-order valence-corrected chi connectivity index (χ3v) is 3.81. The minimum absolute atomic E-state index is 0.330. The van der Waals surface area contributed by atoms with Crippen LogP contribution in [0.25, 0.3) is 0 Å². The maximum atomic E-state index is 12.6. The largest absolute Gasteiger partial charge is 0.345 e. The quantitative estimate of drug-likeness (QED) is 0.728. The molecule has 1 aromatic rings. The van der Waals surface area contributed by atoms with Crippen molar-refractivity contribution in [3.8, 4) is 0 Å². The summed E-state index contributed by atoms with van der Waals surface area (Å²) in [5.41, 5.74) is 0.880. The van der Waals surface area contributed by atoms with Crippen LogP contribution in [0.15, 0.2) is 30.3 Å². The number of hydrogen-bond donors (Lipinski definition) is 0. The third-order valence-electron chi connectivity index (χ3n) is 3.81. The van der Waals surface area contributed by atoms with Crippen molar-refractivity contribution < 1.29 is 9.28 Å². The molecule has 0 aromatic heterocycles. The maximum absolute atomic E-state index is 12.6. The average Bonchev–Trinajstić information content (AvgIpc) is 2.86. The molecule has 1 aliphatic heterocycles. The van der Waals surface area contributed by atoms with Gasteiger partial charge in [0.25, 0.3) is 0 Å². The van der Waals surface area contributed by atoms with Gasteiger partial charge in [0.05, 0.1) is 25.2 Å². The number of quaternary nitrogens is 1. The van der Waals surface area contributed by atoms with Crippen LogP contribution < -0.4 is 0 Å². The van der Waals surface area contributed by atoms with Crippen molar-refractivity contribution >= 4 is 5.91 Å². The number of amides is 1. The highest BCUT2D eigenvalue weighted by atomic mass is 16.2. The molecule has 0 spiro atoms. The van der Waals surface area contributed by atoms with E-state index in [9.17, 15) is 4.79 Å². The van der Waals surface area contributed by atoms with Gasteiger partial charge >= 0.3 is 5.91 Å². The molecule has 2 rings (SSSR count). The van der Waals surface area contributed by atoms with Gasteiger partial charge in [0.1, 0.15) is 0 Å². The number of benzene rings is 1. The summed E-state index contributed by atoms with van der Waals surface area (Å²) in [4.78, 5) is 12.6. The standard InChI is InChI=1S/C15H22NO/c1-2-3-11-16(12-7-8-13-16)15(17)14-9-5-4-6-10-14/h4-6,9-10H,2-3,7-8,11-13H2,1H3/q+1. The number of nitrogens with zero attached hydrogens (tertiary/aromatic N) is 1. The molecule has 1 aliphatic rings. The van der Waals surface area contributed by atoms with Crippen molar-refractivity contribution in [2.45, 2.75) is 32.6 Å². The normalized spacial score (nSPS) is 18.2. The lowest BCUT2D eigenvalue weighted by Gasteiger charge is -2.31. The topological polar surface area (TPSA) is 17.1 Å². The fraction of sp³-hybridized carbons (Fsp3) is 0.533. The van der Waals surface area contributed by atoms with Crippen LogP contribution in [0.4, 0.5) is 0 Å². The van der Waals surface area contributed by atoms with Gasteiger partial charge in [-0.3, -0.25) is 4.48 Å². The van der Waals surface area contributed by atoms with Crippen molar-refractivity contribution in [2.75, 3.05) is 19.6 Å². The SMILES string of the molecule is CCCC[N+]1(C(=O)c2ccccc2)CCCC1. The second kappa shape index (κ2) is 5.46. The Bertz CT molecular complexity index is 366. The predicted octanol–water partition coefficient (Wildman–Crippen LogP) is 3.24.